The number of aromatic nitrogens is 1. The van der Waals surface area contributed by atoms with E-state index >= 15 is 0 Å². The Morgan fingerprint density at radius 3 is 2.59 bits per heavy atom. The number of nitrogens with one attached hydrogen (secondary N) is 1. The number of hydrogen-bond acceptors (Lipinski definition) is 5. The van der Waals surface area contributed by atoms with Crippen LogP contribution in [0.2, 0.25) is 0 Å². The fourth-order valence-electron chi connectivity index (χ4n) is 2.89. The summed E-state index contributed by atoms with van der Waals surface area (Å²) in [4.78, 5) is 18.6. The number of ether oxygens (including phenoxy) is 1. The van der Waals surface area contributed by atoms with Gasteiger partial charge in [0, 0.05) is 18.7 Å². The molecule has 0 bridgehead atoms. The Morgan fingerprint density at radius 1 is 1.26 bits per heavy atom. The van der Waals surface area contributed by atoms with E-state index in [1.165, 1.54) is 19.1 Å². The lowest BCUT2D eigenvalue weighted by Gasteiger charge is -2.24. The van der Waals surface area contributed by atoms with Crippen LogP contribution in [-0.4, -0.2) is 37.2 Å². The molecule has 0 spiro atoms. The van der Waals surface area contributed by atoms with Gasteiger partial charge in [-0.2, -0.15) is 4.98 Å². The van der Waals surface area contributed by atoms with Crippen molar-refractivity contribution in [1.82, 2.24) is 10.3 Å². The van der Waals surface area contributed by atoms with Crippen LogP contribution in [0.5, 0.6) is 0 Å². The van der Waals surface area contributed by atoms with Crippen molar-refractivity contribution in [2.75, 3.05) is 31.2 Å². The Labute approximate surface area is 154 Å². The third-order valence-electron chi connectivity index (χ3n) is 4.38. The minimum absolute atomic E-state index is 0.00811. The number of hydrogen-bond donors (Lipinski definition) is 1. The predicted molar refractivity (Wildman–Crippen MR) is 91.5 cm³/mol. The van der Waals surface area contributed by atoms with E-state index in [0.29, 0.717) is 38.0 Å². The van der Waals surface area contributed by atoms with Gasteiger partial charge in [-0.25, -0.2) is 13.2 Å². The number of benzene rings is 1. The summed E-state index contributed by atoms with van der Waals surface area (Å²) < 4.78 is 50.8. The number of alkyl halides is 2. The summed E-state index contributed by atoms with van der Waals surface area (Å²) in [6.07, 6.45) is -2.93. The van der Waals surface area contributed by atoms with E-state index in [2.05, 4.69) is 10.3 Å². The second-order valence-electron chi connectivity index (χ2n) is 6.26. The van der Waals surface area contributed by atoms with E-state index < -0.39 is 29.8 Å². The van der Waals surface area contributed by atoms with Crippen LogP contribution in [-0.2, 0) is 4.74 Å². The predicted octanol–water partition coefficient (Wildman–Crippen LogP) is 3.39. The van der Waals surface area contributed by atoms with E-state index in [1.54, 1.807) is 6.92 Å². The lowest BCUT2D eigenvalue weighted by molar-refractivity contribution is 0.0909. The zero-order valence-corrected chi connectivity index (χ0v) is 15.0. The number of oxazole rings is 1. The maximum Gasteiger partial charge on any atom is 0.298 e. The number of rotatable bonds is 5. The van der Waals surface area contributed by atoms with Crippen molar-refractivity contribution >= 4 is 11.9 Å². The summed E-state index contributed by atoms with van der Waals surface area (Å²) >= 11 is 0. The van der Waals surface area contributed by atoms with Crippen LogP contribution in [0.1, 0.15) is 46.8 Å². The molecular formula is C18H20F3N3O3. The first-order valence-corrected chi connectivity index (χ1v) is 8.56. The van der Waals surface area contributed by atoms with Gasteiger partial charge in [0.1, 0.15) is 5.82 Å². The summed E-state index contributed by atoms with van der Waals surface area (Å²) in [5, 5.41) is 2.58. The maximum absolute atomic E-state index is 14.3. The lowest BCUT2D eigenvalue weighted by atomic mass is 10.0. The molecule has 1 fully saturated rings. The molecule has 2 heterocycles. The van der Waals surface area contributed by atoms with Crippen LogP contribution >= 0.6 is 0 Å². The molecule has 1 aliphatic heterocycles. The average Bonchev–Trinajstić information content (AvgIpc) is 3.04. The van der Waals surface area contributed by atoms with Crippen molar-refractivity contribution in [3.05, 3.63) is 46.6 Å². The first-order chi connectivity index (χ1) is 12.9. The number of nitrogens with zero attached hydrogens (tertiary/aromatic N) is 2. The summed E-state index contributed by atoms with van der Waals surface area (Å²) in [6, 6.07) is 3.21. The molecule has 146 valence electrons. The molecule has 6 nitrogen and oxygen atoms in total. The minimum atomic E-state index is -2.93. The molecule has 1 atom stereocenters. The van der Waals surface area contributed by atoms with Crippen molar-refractivity contribution in [2.24, 2.45) is 0 Å². The Kier molecular flexibility index (Phi) is 5.69. The smallest absolute Gasteiger partial charge is 0.298 e. The molecule has 1 N–H and O–H groups in total. The first kappa shape index (κ1) is 19.2. The normalized spacial score (nSPS) is 15.9. The SMILES string of the molecule is Cc1nc(N2CCOCC2)oc1C(=O)N[C@H](C)c1cccc(C(F)F)c1F. The number of aryl methyl sites for hydroxylation is 1. The molecule has 3 rings (SSSR count). The molecule has 0 unspecified atom stereocenters. The maximum atomic E-state index is 14.3. The lowest BCUT2D eigenvalue weighted by Crippen LogP contribution is -2.36. The van der Waals surface area contributed by atoms with E-state index in [0.717, 1.165) is 6.07 Å². The monoisotopic (exact) mass is 383 g/mol. The second-order valence-corrected chi connectivity index (χ2v) is 6.26. The first-order valence-electron chi connectivity index (χ1n) is 8.56. The van der Waals surface area contributed by atoms with Gasteiger partial charge in [-0.1, -0.05) is 18.2 Å². The van der Waals surface area contributed by atoms with Crippen LogP contribution in [0.4, 0.5) is 19.2 Å². The van der Waals surface area contributed by atoms with Gasteiger partial charge in [0.05, 0.1) is 30.5 Å². The quantitative estimate of drug-likeness (QED) is 0.857. The third kappa shape index (κ3) is 4.08. The van der Waals surface area contributed by atoms with Crippen LogP contribution in [0.25, 0.3) is 0 Å². The number of amides is 1. The summed E-state index contributed by atoms with van der Waals surface area (Å²) in [5.41, 5.74) is -0.325. The van der Waals surface area contributed by atoms with Crippen LogP contribution in [0.15, 0.2) is 22.6 Å². The standard InChI is InChI=1S/C18H20F3N3O3/c1-10(12-4-3-5-13(14(12)19)16(20)21)22-17(25)15-11(2)23-18(27-15)24-6-8-26-9-7-24/h3-5,10,16H,6-9H2,1-2H3,(H,22,25)/t10-/m1/s1. The van der Waals surface area contributed by atoms with Crippen molar-refractivity contribution in [2.45, 2.75) is 26.3 Å². The van der Waals surface area contributed by atoms with Gasteiger partial charge in [-0.15, -0.1) is 0 Å². The summed E-state index contributed by atoms with van der Waals surface area (Å²) in [7, 11) is 0. The van der Waals surface area contributed by atoms with E-state index in [1.807, 2.05) is 4.90 Å². The number of anilines is 1. The molecule has 1 aliphatic rings. The Balaban J connectivity index is 1.75. The summed E-state index contributed by atoms with van der Waals surface area (Å²) in [6.45, 7) is 5.43. The highest BCUT2D eigenvalue weighted by Gasteiger charge is 2.25. The highest BCUT2D eigenvalue weighted by Crippen LogP contribution is 2.27. The Hall–Kier alpha value is -2.55. The summed E-state index contributed by atoms with van der Waals surface area (Å²) in [5.74, 6) is -1.61. The number of morpholine rings is 1. The third-order valence-corrected chi connectivity index (χ3v) is 4.38. The molecule has 0 radical (unpaired) electrons. The van der Waals surface area contributed by atoms with E-state index in [9.17, 15) is 18.0 Å². The van der Waals surface area contributed by atoms with E-state index in [4.69, 9.17) is 9.15 Å². The Morgan fingerprint density at radius 2 is 1.93 bits per heavy atom. The molecule has 1 saturated heterocycles. The van der Waals surface area contributed by atoms with Gasteiger partial charge in [0.15, 0.2) is 0 Å². The second kappa shape index (κ2) is 7.99. The zero-order chi connectivity index (χ0) is 19.6. The molecule has 27 heavy (non-hydrogen) atoms. The Bertz CT molecular complexity index is 819. The fourth-order valence-corrected chi connectivity index (χ4v) is 2.89. The minimum Gasteiger partial charge on any atom is -0.418 e. The fraction of sp³-hybridized carbons (Fsp3) is 0.444. The number of carbonyl (C=O) groups excluding carboxylic acids is 1. The molecule has 0 saturated carbocycles. The largest absolute Gasteiger partial charge is 0.418 e. The molecular weight excluding hydrogens is 363 g/mol. The van der Waals surface area contributed by atoms with Crippen LogP contribution in [0.3, 0.4) is 0 Å². The van der Waals surface area contributed by atoms with Crippen molar-refractivity contribution in [1.29, 1.82) is 0 Å². The van der Waals surface area contributed by atoms with Crippen molar-refractivity contribution in [3.63, 3.8) is 0 Å². The number of carbonyl (C=O) groups is 1. The molecule has 2 aromatic rings. The van der Waals surface area contributed by atoms with E-state index in [-0.39, 0.29) is 11.3 Å². The van der Waals surface area contributed by atoms with Gasteiger partial charge < -0.3 is 19.4 Å². The zero-order valence-electron chi connectivity index (χ0n) is 15.0. The molecule has 0 aliphatic carbocycles. The van der Waals surface area contributed by atoms with Crippen molar-refractivity contribution in [3.8, 4) is 0 Å². The highest BCUT2D eigenvalue weighted by molar-refractivity contribution is 5.93. The van der Waals surface area contributed by atoms with Gasteiger partial charge in [-0.05, 0) is 13.8 Å². The van der Waals surface area contributed by atoms with Crippen LogP contribution < -0.4 is 10.2 Å². The number of halogens is 3. The van der Waals surface area contributed by atoms with Gasteiger partial charge in [0.2, 0.25) is 5.76 Å². The molecule has 9 heteroatoms. The van der Waals surface area contributed by atoms with Gasteiger partial charge in [-0.3, -0.25) is 4.79 Å². The van der Waals surface area contributed by atoms with Crippen LogP contribution in [0, 0.1) is 12.7 Å². The highest BCUT2D eigenvalue weighted by atomic mass is 19.3. The van der Waals surface area contributed by atoms with Gasteiger partial charge >= 0.3 is 0 Å². The molecule has 1 aromatic carbocycles. The topological polar surface area (TPSA) is 67.6 Å². The van der Waals surface area contributed by atoms with Crippen molar-refractivity contribution < 1.29 is 27.1 Å². The molecule has 1 aromatic heterocycles. The van der Waals surface area contributed by atoms with Gasteiger partial charge in [0.25, 0.3) is 18.3 Å². The average molecular weight is 383 g/mol. The molecule has 1 amide bonds.